The number of para-hydroxylation sites is 1. The minimum atomic E-state index is -0.0890. The van der Waals surface area contributed by atoms with Gasteiger partial charge < -0.3 is 10.1 Å². The highest BCUT2D eigenvalue weighted by Gasteiger charge is 2.23. The van der Waals surface area contributed by atoms with Crippen LogP contribution in [-0.2, 0) is 6.61 Å². The molecule has 1 aliphatic heterocycles. The Labute approximate surface area is 144 Å². The monoisotopic (exact) mass is 336 g/mol. The van der Waals surface area contributed by atoms with Crippen LogP contribution in [0.25, 0.3) is 10.4 Å². The van der Waals surface area contributed by atoms with Crippen molar-refractivity contribution in [2.75, 3.05) is 0 Å². The summed E-state index contributed by atoms with van der Waals surface area (Å²) in [5, 5.41) is 3.04. The van der Waals surface area contributed by atoms with Crippen molar-refractivity contribution in [3.05, 3.63) is 70.9 Å². The zero-order chi connectivity index (χ0) is 16.5. The number of fused-ring (bicyclic) bond motifs is 3. The molecule has 1 aromatic carbocycles. The van der Waals surface area contributed by atoms with Crippen molar-refractivity contribution in [2.24, 2.45) is 0 Å². The Morgan fingerprint density at radius 3 is 3.00 bits per heavy atom. The average Bonchev–Trinajstić information content (AvgIpc) is 3.07. The predicted octanol–water partition coefficient (Wildman–Crippen LogP) is 4.19. The highest BCUT2D eigenvalue weighted by atomic mass is 32.1. The van der Waals surface area contributed by atoms with Gasteiger partial charge in [0.25, 0.3) is 5.91 Å². The van der Waals surface area contributed by atoms with E-state index in [1.807, 2.05) is 49.4 Å². The number of hydrogen-bond donors (Lipinski definition) is 1. The fraction of sp³-hybridized carbons (Fsp3) is 0.158. The summed E-state index contributed by atoms with van der Waals surface area (Å²) < 4.78 is 5.76. The van der Waals surface area contributed by atoms with E-state index in [9.17, 15) is 4.79 Å². The molecule has 0 saturated heterocycles. The third-order valence-electron chi connectivity index (χ3n) is 4.08. The van der Waals surface area contributed by atoms with Crippen LogP contribution < -0.4 is 10.1 Å². The molecule has 0 aliphatic carbocycles. The molecule has 2 aromatic heterocycles. The second kappa shape index (κ2) is 6.09. The first-order valence-corrected chi connectivity index (χ1v) is 8.60. The summed E-state index contributed by atoms with van der Waals surface area (Å²) in [6.45, 7) is 2.47. The average molecular weight is 336 g/mol. The lowest BCUT2D eigenvalue weighted by Gasteiger charge is -2.16. The van der Waals surface area contributed by atoms with E-state index in [0.717, 1.165) is 27.3 Å². The molecule has 1 atom stereocenters. The van der Waals surface area contributed by atoms with Crippen molar-refractivity contribution in [3.63, 3.8) is 0 Å². The van der Waals surface area contributed by atoms with Crippen LogP contribution in [0.4, 0.5) is 0 Å². The van der Waals surface area contributed by atoms with E-state index in [0.29, 0.717) is 11.5 Å². The van der Waals surface area contributed by atoms with E-state index in [-0.39, 0.29) is 11.9 Å². The third-order valence-corrected chi connectivity index (χ3v) is 5.29. The molecule has 1 amide bonds. The number of thiophene rings is 1. The molecule has 0 radical (unpaired) electrons. The first-order valence-electron chi connectivity index (χ1n) is 7.78. The van der Waals surface area contributed by atoms with Gasteiger partial charge in [-0.1, -0.05) is 18.2 Å². The second-order valence-electron chi connectivity index (χ2n) is 5.73. The minimum Gasteiger partial charge on any atom is -0.488 e. The standard InChI is InChI=1S/C19H16N2O2S/c1-12(13-5-4-8-20-10-13)21-19(22)17-9-14-11-23-16-7-3-2-6-15(16)18(14)24-17/h2-10,12H,11H2,1H3,(H,21,22)/t12-/m1/s1. The number of ether oxygens (including phenoxy) is 1. The molecule has 0 bridgehead atoms. The van der Waals surface area contributed by atoms with Gasteiger partial charge in [0.05, 0.1) is 10.9 Å². The van der Waals surface area contributed by atoms with E-state index in [1.54, 1.807) is 12.4 Å². The molecule has 24 heavy (non-hydrogen) atoms. The van der Waals surface area contributed by atoms with Crippen LogP contribution in [0.5, 0.6) is 5.75 Å². The second-order valence-corrected chi connectivity index (χ2v) is 6.78. The Hall–Kier alpha value is -2.66. The Bertz CT molecular complexity index is 889. The summed E-state index contributed by atoms with van der Waals surface area (Å²) in [5.74, 6) is 0.811. The van der Waals surface area contributed by atoms with Crippen LogP contribution in [0, 0.1) is 0 Å². The lowest BCUT2D eigenvalue weighted by Crippen LogP contribution is -2.25. The summed E-state index contributed by atoms with van der Waals surface area (Å²) in [7, 11) is 0. The molecule has 1 aliphatic rings. The van der Waals surface area contributed by atoms with E-state index >= 15 is 0 Å². The maximum Gasteiger partial charge on any atom is 0.261 e. The van der Waals surface area contributed by atoms with Gasteiger partial charge in [-0.3, -0.25) is 9.78 Å². The van der Waals surface area contributed by atoms with Gasteiger partial charge in [-0.05, 0) is 36.8 Å². The van der Waals surface area contributed by atoms with Gasteiger partial charge in [-0.15, -0.1) is 11.3 Å². The van der Waals surface area contributed by atoms with E-state index in [1.165, 1.54) is 11.3 Å². The van der Waals surface area contributed by atoms with Crippen LogP contribution in [0.1, 0.15) is 33.8 Å². The highest BCUT2D eigenvalue weighted by Crippen LogP contribution is 2.42. The van der Waals surface area contributed by atoms with Crippen molar-refractivity contribution in [3.8, 4) is 16.2 Å². The predicted molar refractivity (Wildman–Crippen MR) is 94.2 cm³/mol. The number of hydrogen-bond acceptors (Lipinski definition) is 4. The van der Waals surface area contributed by atoms with Crippen molar-refractivity contribution in [1.29, 1.82) is 0 Å². The van der Waals surface area contributed by atoms with E-state index < -0.39 is 0 Å². The molecule has 0 fully saturated rings. The summed E-state index contributed by atoms with van der Waals surface area (Å²) in [6.07, 6.45) is 3.50. The van der Waals surface area contributed by atoms with Gasteiger partial charge in [0.15, 0.2) is 0 Å². The van der Waals surface area contributed by atoms with Gasteiger partial charge in [-0.2, -0.15) is 0 Å². The number of aromatic nitrogens is 1. The quantitative estimate of drug-likeness (QED) is 0.780. The molecule has 0 spiro atoms. The van der Waals surface area contributed by atoms with Gasteiger partial charge in [0, 0.05) is 28.4 Å². The molecular weight excluding hydrogens is 320 g/mol. The fourth-order valence-corrected chi connectivity index (χ4v) is 3.89. The molecular formula is C19H16N2O2S. The molecule has 4 nitrogen and oxygen atoms in total. The Balaban J connectivity index is 1.58. The molecule has 120 valence electrons. The lowest BCUT2D eigenvalue weighted by molar-refractivity contribution is 0.0944. The normalized spacial score (nSPS) is 13.4. The summed E-state index contributed by atoms with van der Waals surface area (Å²) in [4.78, 5) is 18.5. The van der Waals surface area contributed by atoms with Crippen molar-refractivity contribution < 1.29 is 9.53 Å². The SMILES string of the molecule is C[C@@H](NC(=O)c1cc2c(s1)-c1ccccc1OC2)c1cccnc1. The van der Waals surface area contributed by atoms with Crippen molar-refractivity contribution >= 4 is 17.2 Å². The maximum absolute atomic E-state index is 12.6. The number of nitrogens with one attached hydrogen (secondary N) is 1. The smallest absolute Gasteiger partial charge is 0.261 e. The maximum atomic E-state index is 12.6. The fourth-order valence-electron chi connectivity index (χ4n) is 2.79. The molecule has 4 rings (SSSR count). The van der Waals surface area contributed by atoms with Gasteiger partial charge in [-0.25, -0.2) is 0 Å². The first-order chi connectivity index (χ1) is 11.7. The zero-order valence-corrected chi connectivity index (χ0v) is 14.0. The number of carbonyl (C=O) groups is 1. The van der Waals surface area contributed by atoms with E-state index in [2.05, 4.69) is 10.3 Å². The van der Waals surface area contributed by atoms with Crippen LogP contribution >= 0.6 is 11.3 Å². The molecule has 3 heterocycles. The summed E-state index contributed by atoms with van der Waals surface area (Å²) >= 11 is 1.52. The first kappa shape index (κ1) is 14.9. The number of amides is 1. The molecule has 0 unspecified atom stereocenters. The number of carbonyl (C=O) groups excluding carboxylic acids is 1. The zero-order valence-electron chi connectivity index (χ0n) is 13.2. The molecule has 0 saturated carbocycles. The van der Waals surface area contributed by atoms with Crippen LogP contribution in [0.3, 0.4) is 0 Å². The third kappa shape index (κ3) is 2.67. The number of nitrogens with zero attached hydrogens (tertiary/aromatic N) is 1. The molecule has 5 heteroatoms. The van der Waals surface area contributed by atoms with Crippen LogP contribution in [0.2, 0.25) is 0 Å². The number of benzene rings is 1. The van der Waals surface area contributed by atoms with Crippen molar-refractivity contribution in [1.82, 2.24) is 10.3 Å². The van der Waals surface area contributed by atoms with Gasteiger partial charge in [0.1, 0.15) is 12.4 Å². The largest absolute Gasteiger partial charge is 0.488 e. The minimum absolute atomic E-state index is 0.0664. The molecule has 1 N–H and O–H groups in total. The van der Waals surface area contributed by atoms with Gasteiger partial charge in [0.2, 0.25) is 0 Å². The summed E-state index contributed by atoms with van der Waals surface area (Å²) in [6, 6.07) is 13.6. The Morgan fingerprint density at radius 1 is 1.29 bits per heavy atom. The van der Waals surface area contributed by atoms with Gasteiger partial charge >= 0.3 is 0 Å². The van der Waals surface area contributed by atoms with E-state index in [4.69, 9.17) is 4.74 Å². The Morgan fingerprint density at radius 2 is 2.17 bits per heavy atom. The topological polar surface area (TPSA) is 51.2 Å². The van der Waals surface area contributed by atoms with Crippen LogP contribution in [0.15, 0.2) is 54.9 Å². The van der Waals surface area contributed by atoms with Crippen molar-refractivity contribution in [2.45, 2.75) is 19.6 Å². The Kier molecular flexibility index (Phi) is 3.78. The lowest BCUT2D eigenvalue weighted by atomic mass is 10.1. The number of pyridine rings is 1. The van der Waals surface area contributed by atoms with Crippen LogP contribution in [-0.4, -0.2) is 10.9 Å². The summed E-state index contributed by atoms with van der Waals surface area (Å²) in [5.41, 5.74) is 3.11. The number of rotatable bonds is 3. The highest BCUT2D eigenvalue weighted by molar-refractivity contribution is 7.17. The molecule has 3 aromatic rings.